The Balaban J connectivity index is 2.30. The van der Waals surface area contributed by atoms with Crippen LogP contribution in [0.3, 0.4) is 0 Å². The molecule has 2 amide bonds. The number of benzene rings is 1. The Morgan fingerprint density at radius 3 is 2.43 bits per heavy atom. The van der Waals surface area contributed by atoms with Crippen LogP contribution in [0.15, 0.2) is 30.3 Å². The van der Waals surface area contributed by atoms with Gasteiger partial charge in [-0.1, -0.05) is 30.3 Å². The number of hydrogen-bond acceptors (Lipinski definition) is 3. The topological polar surface area (TPSA) is 70.2 Å². The lowest BCUT2D eigenvalue weighted by Gasteiger charge is -2.20. The zero-order valence-electron chi connectivity index (χ0n) is 14.4. The number of rotatable bonds is 10. The molecule has 0 unspecified atom stereocenters. The smallest absolute Gasteiger partial charge is 0.237 e. The summed E-state index contributed by atoms with van der Waals surface area (Å²) in [5, 5.41) is 8.93. The fourth-order valence-electron chi connectivity index (χ4n) is 2.43. The van der Waals surface area contributed by atoms with Gasteiger partial charge in [0.2, 0.25) is 11.8 Å². The molecule has 3 N–H and O–H groups in total. The molecule has 0 saturated heterocycles. The van der Waals surface area contributed by atoms with Crippen molar-refractivity contribution in [2.24, 2.45) is 0 Å². The maximum Gasteiger partial charge on any atom is 0.237 e. The van der Waals surface area contributed by atoms with Crippen LogP contribution < -0.4 is 16.0 Å². The van der Waals surface area contributed by atoms with E-state index in [1.54, 1.807) is 0 Å². The van der Waals surface area contributed by atoms with Crippen molar-refractivity contribution in [3.8, 4) is 0 Å². The molecular formula is C18H29N3O2. The summed E-state index contributed by atoms with van der Waals surface area (Å²) in [4.78, 5) is 23.1. The first-order chi connectivity index (χ1) is 11.0. The van der Waals surface area contributed by atoms with E-state index in [2.05, 4.69) is 16.0 Å². The van der Waals surface area contributed by atoms with E-state index >= 15 is 0 Å². The average molecular weight is 319 g/mol. The molecule has 0 aliphatic carbocycles. The molecular weight excluding hydrogens is 290 g/mol. The molecule has 1 aromatic rings. The summed E-state index contributed by atoms with van der Waals surface area (Å²) < 4.78 is 0. The van der Waals surface area contributed by atoms with Crippen molar-refractivity contribution in [2.75, 3.05) is 13.6 Å². The van der Waals surface area contributed by atoms with Crippen molar-refractivity contribution in [1.82, 2.24) is 16.0 Å². The van der Waals surface area contributed by atoms with Crippen LogP contribution in [0.4, 0.5) is 0 Å². The van der Waals surface area contributed by atoms with Gasteiger partial charge in [0.15, 0.2) is 0 Å². The van der Waals surface area contributed by atoms with Gasteiger partial charge in [0, 0.05) is 19.5 Å². The molecule has 0 bridgehead atoms. The van der Waals surface area contributed by atoms with E-state index in [1.165, 1.54) is 6.92 Å². The van der Waals surface area contributed by atoms with Gasteiger partial charge in [-0.05, 0) is 45.2 Å². The molecule has 1 rings (SSSR count). The molecule has 0 saturated carbocycles. The fraction of sp³-hybridized carbons (Fsp3) is 0.556. The van der Waals surface area contributed by atoms with E-state index in [4.69, 9.17) is 0 Å². The van der Waals surface area contributed by atoms with Crippen LogP contribution in [0.5, 0.6) is 0 Å². The zero-order chi connectivity index (χ0) is 17.1. The highest BCUT2D eigenvalue weighted by Crippen LogP contribution is 2.05. The van der Waals surface area contributed by atoms with Crippen molar-refractivity contribution in [2.45, 2.75) is 51.6 Å². The third-order valence-electron chi connectivity index (χ3n) is 3.77. The van der Waals surface area contributed by atoms with E-state index in [0.717, 1.165) is 24.8 Å². The quantitative estimate of drug-likeness (QED) is 0.574. The van der Waals surface area contributed by atoms with Gasteiger partial charge in [-0.2, -0.15) is 0 Å². The number of carbonyl (C=O) groups is 2. The Bertz CT molecular complexity index is 476. The monoisotopic (exact) mass is 319 g/mol. The Hall–Kier alpha value is -1.88. The van der Waals surface area contributed by atoms with E-state index in [0.29, 0.717) is 13.0 Å². The third-order valence-corrected chi connectivity index (χ3v) is 3.77. The summed E-state index contributed by atoms with van der Waals surface area (Å²) in [6.45, 7) is 4.24. The minimum atomic E-state index is -0.223. The molecule has 2 atom stereocenters. The van der Waals surface area contributed by atoms with Gasteiger partial charge in [-0.3, -0.25) is 9.59 Å². The van der Waals surface area contributed by atoms with Crippen LogP contribution in [0.2, 0.25) is 0 Å². The highest BCUT2D eigenvalue weighted by Gasteiger charge is 2.18. The van der Waals surface area contributed by atoms with Crippen molar-refractivity contribution in [1.29, 1.82) is 0 Å². The van der Waals surface area contributed by atoms with Crippen LogP contribution in [0, 0.1) is 0 Å². The SMILES string of the molecule is CN[C@H](Cc1ccccc1)C(=O)N[C@@H](C)CCCCNC(C)=O. The predicted molar refractivity (Wildman–Crippen MR) is 93.1 cm³/mol. The van der Waals surface area contributed by atoms with Crippen LogP contribution in [0.25, 0.3) is 0 Å². The lowest BCUT2D eigenvalue weighted by molar-refractivity contribution is -0.123. The first kappa shape index (κ1) is 19.2. The second-order valence-corrected chi connectivity index (χ2v) is 5.92. The maximum atomic E-state index is 12.3. The summed E-state index contributed by atoms with van der Waals surface area (Å²) in [5.41, 5.74) is 1.14. The van der Waals surface area contributed by atoms with Gasteiger partial charge in [-0.25, -0.2) is 0 Å². The molecule has 0 heterocycles. The van der Waals surface area contributed by atoms with Crippen LogP contribution in [-0.2, 0) is 16.0 Å². The molecule has 0 radical (unpaired) electrons. The minimum absolute atomic E-state index is 0.00382. The van der Waals surface area contributed by atoms with Gasteiger partial charge in [0.1, 0.15) is 0 Å². The first-order valence-electron chi connectivity index (χ1n) is 8.29. The highest BCUT2D eigenvalue weighted by molar-refractivity contribution is 5.82. The lowest BCUT2D eigenvalue weighted by atomic mass is 10.0. The van der Waals surface area contributed by atoms with Gasteiger partial charge >= 0.3 is 0 Å². The van der Waals surface area contributed by atoms with Crippen molar-refractivity contribution in [3.05, 3.63) is 35.9 Å². The molecule has 0 spiro atoms. The molecule has 23 heavy (non-hydrogen) atoms. The second kappa shape index (κ2) is 10.8. The van der Waals surface area contributed by atoms with E-state index in [-0.39, 0.29) is 23.9 Å². The average Bonchev–Trinajstić information content (AvgIpc) is 2.52. The van der Waals surface area contributed by atoms with Gasteiger partial charge in [0.25, 0.3) is 0 Å². The van der Waals surface area contributed by atoms with E-state index in [9.17, 15) is 9.59 Å². The molecule has 5 nitrogen and oxygen atoms in total. The van der Waals surface area contributed by atoms with Gasteiger partial charge in [-0.15, -0.1) is 0 Å². The van der Waals surface area contributed by atoms with Crippen molar-refractivity contribution in [3.63, 3.8) is 0 Å². The standard InChI is InChI=1S/C18H29N3O2/c1-14(9-7-8-12-20-15(2)22)21-18(23)17(19-3)13-16-10-5-4-6-11-16/h4-6,10-11,14,17,19H,7-9,12-13H2,1-3H3,(H,20,22)(H,21,23)/t14-,17+/m0/s1. The lowest BCUT2D eigenvalue weighted by Crippen LogP contribution is -2.47. The number of amides is 2. The Morgan fingerprint density at radius 2 is 1.83 bits per heavy atom. The van der Waals surface area contributed by atoms with Crippen LogP contribution in [-0.4, -0.2) is 37.5 Å². The summed E-state index contributed by atoms with van der Waals surface area (Å²) >= 11 is 0. The van der Waals surface area contributed by atoms with Crippen LogP contribution in [0.1, 0.15) is 38.7 Å². The van der Waals surface area contributed by atoms with Gasteiger partial charge < -0.3 is 16.0 Å². The second-order valence-electron chi connectivity index (χ2n) is 5.92. The molecule has 0 fully saturated rings. The van der Waals surface area contributed by atoms with Crippen molar-refractivity contribution >= 4 is 11.8 Å². The number of likely N-dealkylation sites (N-methyl/N-ethyl adjacent to an activating group) is 1. The first-order valence-corrected chi connectivity index (χ1v) is 8.29. The van der Waals surface area contributed by atoms with Crippen LogP contribution >= 0.6 is 0 Å². The largest absolute Gasteiger partial charge is 0.356 e. The Labute approximate surface area is 139 Å². The predicted octanol–water partition coefficient (Wildman–Crippen LogP) is 1.63. The summed E-state index contributed by atoms with van der Waals surface area (Å²) in [6.07, 6.45) is 3.50. The van der Waals surface area contributed by atoms with E-state index < -0.39 is 0 Å². The maximum absolute atomic E-state index is 12.3. The summed E-state index contributed by atoms with van der Waals surface area (Å²) in [5.74, 6) is 0.0369. The number of nitrogens with one attached hydrogen (secondary N) is 3. The number of hydrogen-bond donors (Lipinski definition) is 3. The normalized spacial score (nSPS) is 13.2. The zero-order valence-corrected chi connectivity index (χ0v) is 14.4. The Morgan fingerprint density at radius 1 is 1.13 bits per heavy atom. The molecule has 5 heteroatoms. The number of carbonyl (C=O) groups excluding carboxylic acids is 2. The van der Waals surface area contributed by atoms with Crippen molar-refractivity contribution < 1.29 is 9.59 Å². The fourth-order valence-corrected chi connectivity index (χ4v) is 2.43. The molecule has 128 valence electrons. The molecule has 0 aliphatic rings. The molecule has 0 aromatic heterocycles. The third kappa shape index (κ3) is 8.35. The Kier molecular flexibility index (Phi) is 8.98. The molecule has 1 aromatic carbocycles. The highest BCUT2D eigenvalue weighted by atomic mass is 16.2. The van der Waals surface area contributed by atoms with E-state index in [1.807, 2.05) is 44.3 Å². The number of unbranched alkanes of at least 4 members (excludes halogenated alkanes) is 1. The van der Waals surface area contributed by atoms with Gasteiger partial charge in [0.05, 0.1) is 6.04 Å². The minimum Gasteiger partial charge on any atom is -0.356 e. The molecule has 0 aliphatic heterocycles. The summed E-state index contributed by atoms with van der Waals surface area (Å²) in [6, 6.07) is 9.91. The summed E-state index contributed by atoms with van der Waals surface area (Å²) in [7, 11) is 1.81.